The molecule has 0 bridgehead atoms. The summed E-state index contributed by atoms with van der Waals surface area (Å²) in [5.74, 6) is -0.627. The van der Waals surface area contributed by atoms with E-state index in [-0.39, 0.29) is 18.6 Å². The van der Waals surface area contributed by atoms with Gasteiger partial charge in [0.15, 0.2) is 0 Å². The molecule has 3 N–H and O–H groups in total. The zero-order chi connectivity index (χ0) is 13.0. The minimum absolute atomic E-state index is 0.0833. The van der Waals surface area contributed by atoms with Gasteiger partial charge in [0, 0.05) is 18.9 Å². The number of carbonyl (C=O) groups is 1. The first kappa shape index (κ1) is 17.8. The van der Waals surface area contributed by atoms with Crippen molar-refractivity contribution in [1.82, 2.24) is 0 Å². The summed E-state index contributed by atoms with van der Waals surface area (Å²) >= 11 is 0. The van der Waals surface area contributed by atoms with Crippen LogP contribution < -0.4 is 0 Å². The van der Waals surface area contributed by atoms with Crippen molar-refractivity contribution in [2.45, 2.75) is 59.0 Å². The van der Waals surface area contributed by atoms with Crippen molar-refractivity contribution in [3.8, 4) is 0 Å². The van der Waals surface area contributed by atoms with E-state index >= 15 is 0 Å². The van der Waals surface area contributed by atoms with Crippen LogP contribution in [0.15, 0.2) is 0 Å². The summed E-state index contributed by atoms with van der Waals surface area (Å²) in [5.41, 5.74) is 0. The SMILES string of the molecule is CCCC(=O)O.CCCC(O)C(CC)CO. The summed E-state index contributed by atoms with van der Waals surface area (Å²) in [6, 6.07) is 0. The third-order valence-electron chi connectivity index (χ3n) is 2.35. The Labute approximate surface area is 98.3 Å². The molecule has 98 valence electrons. The Morgan fingerprint density at radius 1 is 1.19 bits per heavy atom. The van der Waals surface area contributed by atoms with Crippen LogP contribution in [0.1, 0.15) is 52.9 Å². The predicted octanol–water partition coefficient (Wildman–Crippen LogP) is 2.04. The highest BCUT2D eigenvalue weighted by Crippen LogP contribution is 2.11. The maximum Gasteiger partial charge on any atom is 0.303 e. The van der Waals surface area contributed by atoms with E-state index in [1.807, 2.05) is 20.8 Å². The van der Waals surface area contributed by atoms with Gasteiger partial charge in [0.2, 0.25) is 0 Å². The minimum Gasteiger partial charge on any atom is -0.481 e. The van der Waals surface area contributed by atoms with Gasteiger partial charge in [0.1, 0.15) is 0 Å². The van der Waals surface area contributed by atoms with Crippen LogP contribution >= 0.6 is 0 Å². The van der Waals surface area contributed by atoms with Crippen LogP contribution in [-0.2, 0) is 4.79 Å². The van der Waals surface area contributed by atoms with Crippen LogP contribution in [0, 0.1) is 5.92 Å². The number of aliphatic hydroxyl groups is 2. The number of hydrogen-bond donors (Lipinski definition) is 3. The molecule has 4 nitrogen and oxygen atoms in total. The Hall–Kier alpha value is -0.610. The van der Waals surface area contributed by atoms with E-state index in [0.717, 1.165) is 25.7 Å². The van der Waals surface area contributed by atoms with Crippen molar-refractivity contribution in [2.75, 3.05) is 6.61 Å². The molecule has 0 aromatic rings. The van der Waals surface area contributed by atoms with Crippen molar-refractivity contribution in [3.63, 3.8) is 0 Å². The Bertz CT molecular complexity index is 155. The van der Waals surface area contributed by atoms with Crippen molar-refractivity contribution in [3.05, 3.63) is 0 Å². The monoisotopic (exact) mass is 234 g/mol. The van der Waals surface area contributed by atoms with Crippen molar-refractivity contribution < 1.29 is 20.1 Å². The van der Waals surface area contributed by atoms with E-state index in [1.54, 1.807) is 0 Å². The Morgan fingerprint density at radius 3 is 1.94 bits per heavy atom. The highest BCUT2D eigenvalue weighted by molar-refractivity contribution is 5.66. The molecule has 16 heavy (non-hydrogen) atoms. The fourth-order valence-corrected chi connectivity index (χ4v) is 1.27. The molecule has 0 saturated heterocycles. The first-order valence-corrected chi connectivity index (χ1v) is 6.04. The molecule has 0 saturated carbocycles. The van der Waals surface area contributed by atoms with Crippen molar-refractivity contribution in [1.29, 1.82) is 0 Å². The van der Waals surface area contributed by atoms with Crippen molar-refractivity contribution in [2.24, 2.45) is 5.92 Å². The molecule has 0 spiro atoms. The maximum atomic E-state index is 9.60. The molecule has 0 fully saturated rings. The lowest BCUT2D eigenvalue weighted by Gasteiger charge is -2.17. The summed E-state index contributed by atoms with van der Waals surface area (Å²) in [5, 5.41) is 26.0. The van der Waals surface area contributed by atoms with E-state index < -0.39 is 5.97 Å². The van der Waals surface area contributed by atoms with Gasteiger partial charge in [-0.15, -0.1) is 0 Å². The smallest absolute Gasteiger partial charge is 0.303 e. The summed E-state index contributed by atoms with van der Waals surface area (Å²) in [7, 11) is 0. The standard InChI is InChI=1S/C8H18O2.C4H8O2/c1-3-5-8(10)7(4-2)6-9;1-2-3-4(5)6/h7-10H,3-6H2,1-2H3;2-3H2,1H3,(H,5,6). The van der Waals surface area contributed by atoms with E-state index in [2.05, 4.69) is 0 Å². The molecule has 2 atom stereocenters. The zero-order valence-corrected chi connectivity index (χ0v) is 10.6. The Balaban J connectivity index is 0. The average Bonchev–Trinajstić information content (AvgIpc) is 2.20. The van der Waals surface area contributed by atoms with Gasteiger partial charge in [-0.3, -0.25) is 4.79 Å². The van der Waals surface area contributed by atoms with Gasteiger partial charge in [0.05, 0.1) is 6.10 Å². The number of hydrogen-bond acceptors (Lipinski definition) is 3. The topological polar surface area (TPSA) is 77.8 Å². The van der Waals surface area contributed by atoms with Crippen LogP contribution in [0.4, 0.5) is 0 Å². The predicted molar refractivity (Wildman–Crippen MR) is 64.3 cm³/mol. The average molecular weight is 234 g/mol. The van der Waals surface area contributed by atoms with E-state index in [4.69, 9.17) is 10.2 Å². The fourth-order valence-electron chi connectivity index (χ4n) is 1.27. The third kappa shape index (κ3) is 11.5. The van der Waals surface area contributed by atoms with Gasteiger partial charge in [-0.2, -0.15) is 0 Å². The molecule has 0 radical (unpaired) electrons. The van der Waals surface area contributed by atoms with Gasteiger partial charge in [0.25, 0.3) is 0 Å². The van der Waals surface area contributed by atoms with Crippen molar-refractivity contribution >= 4 is 5.97 Å². The zero-order valence-electron chi connectivity index (χ0n) is 10.6. The molecule has 2 unspecified atom stereocenters. The fraction of sp³-hybridized carbons (Fsp3) is 0.917. The molecule has 0 aliphatic carbocycles. The Kier molecular flexibility index (Phi) is 13.8. The summed E-state index contributed by atoms with van der Waals surface area (Å²) in [4.78, 5) is 9.60. The molecular weight excluding hydrogens is 208 g/mol. The normalized spacial score (nSPS) is 13.6. The number of carboxylic acid groups (broad SMARTS) is 1. The maximum absolute atomic E-state index is 9.60. The first-order chi connectivity index (χ1) is 7.53. The quantitative estimate of drug-likeness (QED) is 0.630. The second-order valence-corrected chi connectivity index (χ2v) is 3.85. The minimum atomic E-state index is -0.711. The van der Waals surface area contributed by atoms with Gasteiger partial charge in [-0.1, -0.05) is 27.2 Å². The second-order valence-electron chi connectivity index (χ2n) is 3.85. The van der Waals surface area contributed by atoms with E-state index in [0.29, 0.717) is 6.42 Å². The van der Waals surface area contributed by atoms with Gasteiger partial charge >= 0.3 is 5.97 Å². The summed E-state index contributed by atoms with van der Waals surface area (Å²) in [6.07, 6.45) is 3.36. The molecule has 0 aliphatic heterocycles. The van der Waals surface area contributed by atoms with E-state index in [9.17, 15) is 9.90 Å². The van der Waals surface area contributed by atoms with Crippen LogP contribution in [0.2, 0.25) is 0 Å². The molecule has 0 aromatic heterocycles. The van der Waals surface area contributed by atoms with Gasteiger partial charge in [-0.25, -0.2) is 0 Å². The number of aliphatic hydroxyl groups excluding tert-OH is 2. The van der Waals surface area contributed by atoms with Crippen LogP contribution in [-0.4, -0.2) is 34.0 Å². The Morgan fingerprint density at radius 2 is 1.75 bits per heavy atom. The van der Waals surface area contributed by atoms with Crippen LogP contribution in [0.25, 0.3) is 0 Å². The number of aliphatic carboxylic acids is 1. The molecule has 0 aromatic carbocycles. The molecule has 4 heteroatoms. The van der Waals surface area contributed by atoms with Crippen LogP contribution in [0.3, 0.4) is 0 Å². The largest absolute Gasteiger partial charge is 0.481 e. The lowest BCUT2D eigenvalue weighted by atomic mass is 9.97. The molecule has 0 amide bonds. The lowest BCUT2D eigenvalue weighted by Crippen LogP contribution is -2.22. The van der Waals surface area contributed by atoms with E-state index in [1.165, 1.54) is 0 Å². The number of rotatable bonds is 7. The molecule has 0 aliphatic rings. The molecular formula is C12H26O4. The molecule has 0 rings (SSSR count). The lowest BCUT2D eigenvalue weighted by molar-refractivity contribution is -0.137. The van der Waals surface area contributed by atoms with Gasteiger partial charge < -0.3 is 15.3 Å². The highest BCUT2D eigenvalue weighted by atomic mass is 16.4. The number of carboxylic acids is 1. The molecule has 0 heterocycles. The highest BCUT2D eigenvalue weighted by Gasteiger charge is 2.14. The third-order valence-corrected chi connectivity index (χ3v) is 2.35. The first-order valence-electron chi connectivity index (χ1n) is 6.04. The van der Waals surface area contributed by atoms with Gasteiger partial charge in [-0.05, 0) is 19.3 Å². The summed E-state index contributed by atoms with van der Waals surface area (Å²) in [6.45, 7) is 5.97. The second kappa shape index (κ2) is 12.5. The summed E-state index contributed by atoms with van der Waals surface area (Å²) < 4.78 is 0. The van der Waals surface area contributed by atoms with Crippen LogP contribution in [0.5, 0.6) is 0 Å².